The number of alkyl carbamates (subject to hydrolysis) is 1. The van der Waals surface area contributed by atoms with Crippen LogP contribution in [0.3, 0.4) is 0 Å². The fourth-order valence-corrected chi connectivity index (χ4v) is 5.10. The number of aryl methyl sites for hydroxylation is 2. The molecule has 1 aromatic carbocycles. The summed E-state index contributed by atoms with van der Waals surface area (Å²) in [5.41, 5.74) is -0.162. The predicted octanol–water partition coefficient (Wildman–Crippen LogP) is 1.76. The number of rotatable bonds is 18. The number of hydrogen-bond acceptors (Lipinski definition) is 11. The van der Waals surface area contributed by atoms with Crippen LogP contribution in [-0.2, 0) is 62.9 Å². The maximum Gasteiger partial charge on any atom is 0.408 e. The molecule has 1 heterocycles. The van der Waals surface area contributed by atoms with Gasteiger partial charge in [0, 0.05) is 31.8 Å². The molecule has 0 aliphatic rings. The van der Waals surface area contributed by atoms with Crippen LogP contribution in [0.15, 0.2) is 42.9 Å². The van der Waals surface area contributed by atoms with Crippen LogP contribution in [0.25, 0.3) is 0 Å². The fraction of sp³-hybridized carbons (Fsp3) is 0.579. The first-order chi connectivity index (χ1) is 25.6. The second kappa shape index (κ2) is 20.8. The van der Waals surface area contributed by atoms with E-state index in [0.717, 1.165) is 5.56 Å². The highest BCUT2D eigenvalue weighted by atomic mass is 16.6. The molecule has 1 aromatic heterocycles. The topological polar surface area (TPSA) is 225 Å². The van der Waals surface area contributed by atoms with Gasteiger partial charge in [-0.05, 0) is 80.2 Å². The summed E-state index contributed by atoms with van der Waals surface area (Å²) in [5.74, 6) is -4.30. The summed E-state index contributed by atoms with van der Waals surface area (Å²) < 4.78 is 17.1. The maximum absolute atomic E-state index is 13.9. The van der Waals surface area contributed by atoms with Crippen LogP contribution in [-0.4, -0.2) is 99.7 Å². The quantitative estimate of drug-likeness (QED) is 0.108. The third-order valence-corrected chi connectivity index (χ3v) is 7.89. The van der Waals surface area contributed by atoms with Crippen molar-refractivity contribution in [2.75, 3.05) is 7.11 Å². The smallest absolute Gasteiger partial charge is 0.408 e. The first kappa shape index (κ1) is 45.7. The summed E-state index contributed by atoms with van der Waals surface area (Å²) >= 11 is 0. The average molecular weight is 772 g/mol. The standard InChI is InChI=1S/C38H57N7O10/c1-23(40-34(50)29(20-26-21-39-22-45(26)9)44-36(52)55-38(6,7)8)31(47)42-28(18-19-30(46)54-37(3,4)5)33(49)43-27(17-16-25-14-12-11-13-15-25)32(48)41-24(2)35(51)53-10/h11-15,21-24,27-29H,16-20H2,1-10H3,(H,40,50)(H,41,48)(H,42,47)(H,43,49)(H,44,52)/t23-,24+,27+,28-,29+/m1/s1. The van der Waals surface area contributed by atoms with Crippen LogP contribution in [0, 0.1) is 0 Å². The molecule has 0 fully saturated rings. The number of benzene rings is 1. The van der Waals surface area contributed by atoms with Crippen molar-refractivity contribution in [3.05, 3.63) is 54.1 Å². The molecule has 5 N–H and O–H groups in total. The van der Waals surface area contributed by atoms with Crippen LogP contribution >= 0.6 is 0 Å². The van der Waals surface area contributed by atoms with E-state index in [4.69, 9.17) is 14.2 Å². The zero-order valence-electron chi connectivity index (χ0n) is 33.4. The Morgan fingerprint density at radius 1 is 0.709 bits per heavy atom. The van der Waals surface area contributed by atoms with Gasteiger partial charge in [-0.3, -0.25) is 24.0 Å². The number of imidazole rings is 1. The molecule has 0 saturated heterocycles. The van der Waals surface area contributed by atoms with Crippen molar-refractivity contribution >= 4 is 41.7 Å². The van der Waals surface area contributed by atoms with E-state index in [0.29, 0.717) is 12.1 Å². The van der Waals surface area contributed by atoms with Crippen molar-refractivity contribution in [1.82, 2.24) is 36.1 Å². The van der Waals surface area contributed by atoms with Gasteiger partial charge in [0.15, 0.2) is 0 Å². The first-order valence-corrected chi connectivity index (χ1v) is 18.1. The molecular formula is C38H57N7O10. The minimum atomic E-state index is -1.37. The first-order valence-electron chi connectivity index (χ1n) is 18.1. The molecule has 17 nitrogen and oxygen atoms in total. The number of aromatic nitrogens is 2. The van der Waals surface area contributed by atoms with Crippen LogP contribution in [0.2, 0.25) is 0 Å². The second-order valence-electron chi connectivity index (χ2n) is 15.2. The third kappa shape index (κ3) is 17.0. The van der Waals surface area contributed by atoms with Crippen molar-refractivity contribution in [3.8, 4) is 0 Å². The Bertz CT molecular complexity index is 1630. The van der Waals surface area contributed by atoms with Crippen LogP contribution in [0.5, 0.6) is 0 Å². The molecule has 0 unspecified atom stereocenters. The Morgan fingerprint density at radius 2 is 1.25 bits per heavy atom. The third-order valence-electron chi connectivity index (χ3n) is 7.89. The van der Waals surface area contributed by atoms with Gasteiger partial charge in [-0.2, -0.15) is 0 Å². The lowest BCUT2D eigenvalue weighted by Crippen LogP contribution is -2.58. The molecule has 0 saturated carbocycles. The monoisotopic (exact) mass is 771 g/mol. The Kier molecular flexibility index (Phi) is 17.3. The van der Waals surface area contributed by atoms with Crippen LogP contribution in [0.4, 0.5) is 4.79 Å². The van der Waals surface area contributed by atoms with Gasteiger partial charge in [-0.15, -0.1) is 0 Å². The lowest BCUT2D eigenvalue weighted by atomic mass is 10.0. The number of nitrogens with one attached hydrogen (secondary N) is 5. The summed E-state index contributed by atoms with van der Waals surface area (Å²) in [7, 11) is 2.90. The highest BCUT2D eigenvalue weighted by molar-refractivity contribution is 5.96. The molecule has 2 aromatic rings. The van der Waals surface area contributed by atoms with E-state index in [1.165, 1.54) is 33.5 Å². The number of ether oxygens (including phenoxy) is 3. The molecule has 2 rings (SSSR count). The van der Waals surface area contributed by atoms with E-state index >= 15 is 0 Å². The molecule has 0 radical (unpaired) electrons. The molecule has 17 heteroatoms. The number of amides is 5. The number of carbonyl (C=O) groups is 7. The summed E-state index contributed by atoms with van der Waals surface area (Å²) in [6.07, 6.45) is 2.23. The van der Waals surface area contributed by atoms with Gasteiger partial charge in [0.25, 0.3) is 0 Å². The highest BCUT2D eigenvalue weighted by Gasteiger charge is 2.32. The van der Waals surface area contributed by atoms with E-state index < -0.39 is 83.1 Å². The lowest BCUT2D eigenvalue weighted by Gasteiger charge is -2.26. The van der Waals surface area contributed by atoms with Crippen molar-refractivity contribution in [1.29, 1.82) is 0 Å². The minimum Gasteiger partial charge on any atom is -0.467 e. The normalized spacial score (nSPS) is 14.1. The Balaban J connectivity index is 2.31. The molecule has 0 aliphatic carbocycles. The lowest BCUT2D eigenvalue weighted by molar-refractivity contribution is -0.155. The van der Waals surface area contributed by atoms with E-state index in [-0.39, 0.29) is 25.7 Å². The van der Waals surface area contributed by atoms with Gasteiger partial charge < -0.3 is 45.4 Å². The van der Waals surface area contributed by atoms with Crippen molar-refractivity contribution < 1.29 is 47.8 Å². The molecule has 5 atom stereocenters. The molecule has 5 amide bonds. The predicted molar refractivity (Wildman–Crippen MR) is 201 cm³/mol. The largest absolute Gasteiger partial charge is 0.467 e. The van der Waals surface area contributed by atoms with Crippen molar-refractivity contribution in [3.63, 3.8) is 0 Å². The summed E-state index contributed by atoms with van der Waals surface area (Å²) in [4.78, 5) is 95.8. The van der Waals surface area contributed by atoms with E-state index in [1.807, 2.05) is 30.3 Å². The molecule has 0 spiro atoms. The summed E-state index contributed by atoms with van der Waals surface area (Å²) in [6.45, 7) is 12.9. The van der Waals surface area contributed by atoms with Gasteiger partial charge in [0.05, 0.1) is 13.4 Å². The second-order valence-corrected chi connectivity index (χ2v) is 15.2. The SMILES string of the molecule is COC(=O)[C@H](C)NC(=O)[C@H](CCc1ccccc1)NC(=O)[C@@H](CCC(=O)OC(C)(C)C)NC(=O)[C@@H](C)NC(=O)[C@H](Cc1cncn1C)NC(=O)OC(C)(C)C. The number of hydrogen-bond donors (Lipinski definition) is 5. The van der Waals surface area contributed by atoms with E-state index in [2.05, 4.69) is 31.6 Å². The van der Waals surface area contributed by atoms with Gasteiger partial charge in [-0.1, -0.05) is 30.3 Å². The van der Waals surface area contributed by atoms with E-state index in [9.17, 15) is 33.6 Å². The number of carbonyl (C=O) groups excluding carboxylic acids is 7. The Hall–Kier alpha value is -5.48. The minimum absolute atomic E-state index is 0.0118. The zero-order chi connectivity index (χ0) is 41.5. The number of methoxy groups -OCH3 is 1. The summed E-state index contributed by atoms with van der Waals surface area (Å²) in [5, 5.41) is 12.9. The van der Waals surface area contributed by atoms with E-state index in [1.54, 1.807) is 53.2 Å². The highest BCUT2D eigenvalue weighted by Crippen LogP contribution is 2.13. The van der Waals surface area contributed by atoms with Crippen molar-refractivity contribution in [2.45, 2.75) is 129 Å². The molecule has 55 heavy (non-hydrogen) atoms. The van der Waals surface area contributed by atoms with Gasteiger partial charge in [-0.25, -0.2) is 14.6 Å². The number of esters is 2. The fourth-order valence-electron chi connectivity index (χ4n) is 5.10. The summed E-state index contributed by atoms with van der Waals surface area (Å²) in [6, 6.07) is 3.26. The van der Waals surface area contributed by atoms with Gasteiger partial charge in [0.1, 0.15) is 41.4 Å². The molecule has 304 valence electrons. The Morgan fingerprint density at radius 3 is 1.82 bits per heavy atom. The van der Waals surface area contributed by atoms with Gasteiger partial charge in [0.2, 0.25) is 23.6 Å². The Labute approximate surface area is 322 Å². The van der Waals surface area contributed by atoms with Crippen LogP contribution < -0.4 is 26.6 Å². The zero-order valence-corrected chi connectivity index (χ0v) is 33.4. The number of nitrogens with zero attached hydrogens (tertiary/aromatic N) is 2. The molecule has 0 aliphatic heterocycles. The van der Waals surface area contributed by atoms with Crippen molar-refractivity contribution in [2.24, 2.45) is 7.05 Å². The van der Waals surface area contributed by atoms with Gasteiger partial charge >= 0.3 is 18.0 Å². The molecular weight excluding hydrogens is 714 g/mol. The average Bonchev–Trinajstić information content (AvgIpc) is 3.49. The maximum atomic E-state index is 13.9. The molecule has 0 bridgehead atoms. The van der Waals surface area contributed by atoms with Crippen LogP contribution in [0.1, 0.15) is 85.9 Å².